The summed E-state index contributed by atoms with van der Waals surface area (Å²) in [4.78, 5) is 23.0. The van der Waals surface area contributed by atoms with Gasteiger partial charge in [-0.25, -0.2) is 0 Å². The Labute approximate surface area is 148 Å². The molecular formula is C20H36O4. The fourth-order valence-electron chi connectivity index (χ4n) is 2.27. The highest BCUT2D eigenvalue weighted by Crippen LogP contribution is 2.08. The first-order valence-electron chi connectivity index (χ1n) is 9.52. The van der Waals surface area contributed by atoms with E-state index >= 15 is 0 Å². The van der Waals surface area contributed by atoms with E-state index in [9.17, 15) is 9.59 Å². The quantitative estimate of drug-likeness (QED) is 0.216. The first-order valence-corrected chi connectivity index (χ1v) is 9.52. The lowest BCUT2D eigenvalue weighted by atomic mass is 10.1. The molecule has 0 aliphatic carbocycles. The van der Waals surface area contributed by atoms with Crippen molar-refractivity contribution in [3.63, 3.8) is 0 Å². The number of esters is 2. The molecule has 0 aliphatic rings. The minimum atomic E-state index is -0.201. The summed E-state index contributed by atoms with van der Waals surface area (Å²) in [5.41, 5.74) is 1.01. The Morgan fingerprint density at radius 3 is 1.75 bits per heavy atom. The average Bonchev–Trinajstić information content (AvgIpc) is 2.53. The molecule has 0 amide bonds. The summed E-state index contributed by atoms with van der Waals surface area (Å²) in [7, 11) is 0. The third kappa shape index (κ3) is 17.0. The van der Waals surface area contributed by atoms with Crippen LogP contribution in [0.2, 0.25) is 0 Å². The Bertz CT molecular complexity index is 350. The lowest BCUT2D eigenvalue weighted by Crippen LogP contribution is -2.08. The van der Waals surface area contributed by atoms with E-state index in [1.807, 2.05) is 6.92 Å². The van der Waals surface area contributed by atoms with Crippen LogP contribution >= 0.6 is 0 Å². The van der Waals surface area contributed by atoms with Crippen LogP contribution in [0.5, 0.6) is 0 Å². The minimum Gasteiger partial charge on any atom is -0.466 e. The second-order valence-electron chi connectivity index (χ2n) is 6.48. The molecule has 4 nitrogen and oxygen atoms in total. The molecule has 0 N–H and O–H groups in total. The van der Waals surface area contributed by atoms with Crippen LogP contribution in [0.3, 0.4) is 0 Å². The molecule has 0 heterocycles. The molecule has 0 spiro atoms. The van der Waals surface area contributed by atoms with Crippen LogP contribution in [0.15, 0.2) is 12.2 Å². The molecule has 0 unspecified atom stereocenters. The van der Waals surface area contributed by atoms with E-state index in [2.05, 4.69) is 13.5 Å². The van der Waals surface area contributed by atoms with Crippen LogP contribution in [0, 0.1) is 0 Å². The maximum atomic E-state index is 11.6. The third-order valence-electron chi connectivity index (χ3n) is 3.81. The molecule has 0 rings (SSSR count). The van der Waals surface area contributed by atoms with Crippen molar-refractivity contribution >= 4 is 11.9 Å². The van der Waals surface area contributed by atoms with Crippen molar-refractivity contribution in [1.82, 2.24) is 0 Å². The molecule has 140 valence electrons. The molecule has 0 fully saturated rings. The molecule has 4 heteroatoms. The summed E-state index contributed by atoms with van der Waals surface area (Å²) in [5, 5.41) is 0. The van der Waals surface area contributed by atoms with Gasteiger partial charge in [-0.05, 0) is 26.2 Å². The molecule has 0 saturated carbocycles. The van der Waals surface area contributed by atoms with Crippen molar-refractivity contribution in [3.8, 4) is 0 Å². The zero-order valence-electron chi connectivity index (χ0n) is 15.7. The number of unbranched alkanes of at least 4 members (excludes halogenated alkanes) is 7. The summed E-state index contributed by atoms with van der Waals surface area (Å²) in [6.07, 6.45) is 11.3. The molecule has 0 aromatic rings. The van der Waals surface area contributed by atoms with Crippen LogP contribution in [-0.4, -0.2) is 25.2 Å². The largest absolute Gasteiger partial charge is 0.466 e. The molecule has 0 aliphatic heterocycles. The predicted molar refractivity (Wildman–Crippen MR) is 97.8 cm³/mol. The van der Waals surface area contributed by atoms with Crippen LogP contribution in [0.25, 0.3) is 0 Å². The van der Waals surface area contributed by atoms with Gasteiger partial charge in [0.2, 0.25) is 0 Å². The summed E-state index contributed by atoms with van der Waals surface area (Å²) in [6, 6.07) is 0. The summed E-state index contributed by atoms with van der Waals surface area (Å²) >= 11 is 0. The monoisotopic (exact) mass is 340 g/mol. The van der Waals surface area contributed by atoms with Crippen molar-refractivity contribution in [1.29, 1.82) is 0 Å². The molecule has 0 atom stereocenters. The fraction of sp³-hybridized carbons (Fsp3) is 0.800. The zero-order valence-corrected chi connectivity index (χ0v) is 15.7. The van der Waals surface area contributed by atoms with Gasteiger partial charge in [-0.15, -0.1) is 6.58 Å². The zero-order chi connectivity index (χ0) is 18.0. The van der Waals surface area contributed by atoms with Crippen molar-refractivity contribution in [2.75, 3.05) is 13.2 Å². The average molecular weight is 341 g/mol. The van der Waals surface area contributed by atoms with Crippen molar-refractivity contribution < 1.29 is 19.1 Å². The Balaban J connectivity index is 3.34. The maximum absolute atomic E-state index is 11.6. The number of hydrogen-bond acceptors (Lipinski definition) is 4. The van der Waals surface area contributed by atoms with Gasteiger partial charge in [-0.3, -0.25) is 9.59 Å². The molecule has 0 bridgehead atoms. The standard InChI is InChI=1S/C20H36O4/c1-4-5-6-7-8-9-12-16-23-19(21)13-10-11-14-20(22)24-17-15-18(2)3/h2,4-17H2,1,3H3. The SMILES string of the molecule is C=C(C)CCOC(=O)CCCCC(=O)OCCCCCCCCC. The van der Waals surface area contributed by atoms with Gasteiger partial charge in [-0.1, -0.05) is 51.0 Å². The number of carbonyl (C=O) groups is 2. The van der Waals surface area contributed by atoms with E-state index in [1.165, 1.54) is 32.1 Å². The van der Waals surface area contributed by atoms with Crippen molar-refractivity contribution in [2.24, 2.45) is 0 Å². The smallest absolute Gasteiger partial charge is 0.305 e. The van der Waals surface area contributed by atoms with E-state index in [0.717, 1.165) is 18.4 Å². The topological polar surface area (TPSA) is 52.6 Å². The Morgan fingerprint density at radius 2 is 1.21 bits per heavy atom. The van der Waals surface area contributed by atoms with Crippen molar-refractivity contribution in [3.05, 3.63) is 12.2 Å². The third-order valence-corrected chi connectivity index (χ3v) is 3.81. The predicted octanol–water partition coefficient (Wildman–Crippen LogP) is 5.35. The highest BCUT2D eigenvalue weighted by molar-refractivity contribution is 5.70. The van der Waals surface area contributed by atoms with Gasteiger partial charge >= 0.3 is 11.9 Å². The molecule has 0 saturated heterocycles. The van der Waals surface area contributed by atoms with Gasteiger partial charge in [0.15, 0.2) is 0 Å². The molecule has 24 heavy (non-hydrogen) atoms. The fourth-order valence-corrected chi connectivity index (χ4v) is 2.27. The van der Waals surface area contributed by atoms with Crippen LogP contribution in [0.4, 0.5) is 0 Å². The van der Waals surface area contributed by atoms with Gasteiger partial charge in [0.25, 0.3) is 0 Å². The lowest BCUT2D eigenvalue weighted by Gasteiger charge is -2.06. The Kier molecular flexibility index (Phi) is 15.6. The summed E-state index contributed by atoms with van der Waals surface area (Å²) in [5.74, 6) is -0.357. The van der Waals surface area contributed by atoms with Gasteiger partial charge in [0.05, 0.1) is 13.2 Å². The molecular weight excluding hydrogens is 304 g/mol. The number of carbonyl (C=O) groups excluding carboxylic acids is 2. The maximum Gasteiger partial charge on any atom is 0.305 e. The van der Waals surface area contributed by atoms with Gasteiger partial charge < -0.3 is 9.47 Å². The van der Waals surface area contributed by atoms with Gasteiger partial charge in [0, 0.05) is 19.3 Å². The first kappa shape index (κ1) is 22.7. The summed E-state index contributed by atoms with van der Waals surface area (Å²) in [6.45, 7) is 8.80. The normalized spacial score (nSPS) is 10.4. The van der Waals surface area contributed by atoms with Crippen molar-refractivity contribution in [2.45, 2.75) is 90.9 Å². The highest BCUT2D eigenvalue weighted by Gasteiger charge is 2.06. The van der Waals surface area contributed by atoms with E-state index < -0.39 is 0 Å². The molecule has 0 aromatic heterocycles. The second-order valence-corrected chi connectivity index (χ2v) is 6.48. The lowest BCUT2D eigenvalue weighted by molar-refractivity contribution is -0.146. The molecule has 0 aromatic carbocycles. The van der Waals surface area contributed by atoms with Crippen LogP contribution in [-0.2, 0) is 19.1 Å². The molecule has 0 radical (unpaired) electrons. The number of hydrogen-bond donors (Lipinski definition) is 0. The van der Waals surface area contributed by atoms with Crippen LogP contribution < -0.4 is 0 Å². The van der Waals surface area contributed by atoms with E-state index in [4.69, 9.17) is 9.47 Å². The van der Waals surface area contributed by atoms with E-state index in [1.54, 1.807) is 0 Å². The Morgan fingerprint density at radius 1 is 0.708 bits per heavy atom. The highest BCUT2D eigenvalue weighted by atomic mass is 16.5. The van der Waals surface area contributed by atoms with Crippen LogP contribution in [0.1, 0.15) is 90.9 Å². The number of rotatable bonds is 16. The second kappa shape index (κ2) is 16.5. The minimum absolute atomic E-state index is 0.156. The summed E-state index contributed by atoms with van der Waals surface area (Å²) < 4.78 is 10.3. The Hall–Kier alpha value is -1.32. The first-order chi connectivity index (χ1) is 11.6. The number of ether oxygens (including phenoxy) is 2. The van der Waals surface area contributed by atoms with Gasteiger partial charge in [-0.2, -0.15) is 0 Å². The van der Waals surface area contributed by atoms with E-state index in [-0.39, 0.29) is 11.9 Å². The van der Waals surface area contributed by atoms with E-state index in [0.29, 0.717) is 45.3 Å². The van der Waals surface area contributed by atoms with Gasteiger partial charge in [0.1, 0.15) is 0 Å².